The molecule has 0 aliphatic carbocycles. The third kappa shape index (κ3) is 2.81. The third-order valence-corrected chi connectivity index (χ3v) is 3.33. The molecule has 0 aliphatic rings. The quantitative estimate of drug-likeness (QED) is 0.851. The molecule has 0 spiro atoms. The minimum atomic E-state index is -0.833. The summed E-state index contributed by atoms with van der Waals surface area (Å²) in [5, 5.41) is 10.2. The highest BCUT2D eigenvalue weighted by molar-refractivity contribution is 14.1. The molecule has 2 nitrogen and oxygen atoms in total. The summed E-state index contributed by atoms with van der Waals surface area (Å²) < 4.78 is 19.4. The molecular weight excluding hydrogens is 346 g/mol. The molecule has 0 aromatic heterocycles. The molecule has 0 radical (unpaired) electrons. The summed E-state index contributed by atoms with van der Waals surface area (Å²) in [6.07, 6.45) is -0.833. The molecule has 0 bridgehead atoms. The maximum Gasteiger partial charge on any atom is 0.165 e. The number of methoxy groups -OCH3 is 1. The van der Waals surface area contributed by atoms with Crippen LogP contribution in [0.1, 0.15) is 17.2 Å². The Labute approximate surface area is 119 Å². The van der Waals surface area contributed by atoms with Gasteiger partial charge in [-0.3, -0.25) is 0 Å². The summed E-state index contributed by atoms with van der Waals surface area (Å²) in [5.41, 5.74) is 1.25. The molecule has 2 rings (SSSR count). The highest BCUT2D eigenvalue weighted by Gasteiger charge is 2.13. The Balaban J connectivity index is 2.34. The van der Waals surface area contributed by atoms with Crippen molar-refractivity contribution in [1.29, 1.82) is 0 Å². The van der Waals surface area contributed by atoms with Crippen LogP contribution >= 0.6 is 22.6 Å². The Morgan fingerprint density at radius 3 is 2.50 bits per heavy atom. The van der Waals surface area contributed by atoms with Crippen molar-refractivity contribution in [3.05, 3.63) is 63.0 Å². The normalized spacial score (nSPS) is 12.2. The van der Waals surface area contributed by atoms with Gasteiger partial charge in [0.1, 0.15) is 6.10 Å². The molecule has 0 fully saturated rings. The Morgan fingerprint density at radius 1 is 1.17 bits per heavy atom. The number of benzene rings is 2. The zero-order valence-electron chi connectivity index (χ0n) is 9.73. The summed E-state index contributed by atoms with van der Waals surface area (Å²) in [6.45, 7) is 0. The van der Waals surface area contributed by atoms with E-state index in [1.807, 2.05) is 24.3 Å². The average Bonchev–Trinajstić information content (AvgIpc) is 2.37. The van der Waals surface area contributed by atoms with Gasteiger partial charge in [0.15, 0.2) is 11.6 Å². The molecule has 0 saturated carbocycles. The zero-order valence-corrected chi connectivity index (χ0v) is 11.9. The largest absolute Gasteiger partial charge is 0.494 e. The fraction of sp³-hybridized carbons (Fsp3) is 0.143. The molecule has 1 atom stereocenters. The van der Waals surface area contributed by atoms with Gasteiger partial charge < -0.3 is 9.84 Å². The number of aliphatic hydroxyl groups is 1. The van der Waals surface area contributed by atoms with Crippen molar-refractivity contribution in [2.45, 2.75) is 6.10 Å². The molecular formula is C14H12FIO2. The highest BCUT2D eigenvalue weighted by atomic mass is 127. The number of hydrogen-bond donors (Lipinski definition) is 1. The molecule has 2 aromatic rings. The summed E-state index contributed by atoms with van der Waals surface area (Å²) >= 11 is 2.17. The molecule has 4 heteroatoms. The average molecular weight is 358 g/mol. The lowest BCUT2D eigenvalue weighted by molar-refractivity contribution is 0.219. The van der Waals surface area contributed by atoms with Gasteiger partial charge >= 0.3 is 0 Å². The maximum absolute atomic E-state index is 13.6. The van der Waals surface area contributed by atoms with E-state index in [0.717, 1.165) is 9.13 Å². The minimum absolute atomic E-state index is 0.175. The van der Waals surface area contributed by atoms with Crippen LogP contribution in [0, 0.1) is 9.39 Å². The van der Waals surface area contributed by atoms with Crippen LogP contribution in [0.5, 0.6) is 5.75 Å². The van der Waals surface area contributed by atoms with E-state index >= 15 is 0 Å². The van der Waals surface area contributed by atoms with Crippen LogP contribution in [0.2, 0.25) is 0 Å². The van der Waals surface area contributed by atoms with Gasteiger partial charge in [-0.05, 0) is 58.0 Å². The van der Waals surface area contributed by atoms with Gasteiger partial charge in [-0.1, -0.05) is 18.2 Å². The van der Waals surface area contributed by atoms with E-state index in [1.54, 1.807) is 6.07 Å². The second-order valence-electron chi connectivity index (χ2n) is 3.85. The fourth-order valence-corrected chi connectivity index (χ4v) is 2.29. The Morgan fingerprint density at radius 2 is 1.89 bits per heavy atom. The Hall–Kier alpha value is -1.14. The first kappa shape index (κ1) is 13.3. The van der Waals surface area contributed by atoms with E-state index < -0.39 is 11.9 Å². The van der Waals surface area contributed by atoms with Crippen LogP contribution in [0.25, 0.3) is 0 Å². The first-order valence-electron chi connectivity index (χ1n) is 5.39. The molecule has 94 valence electrons. The van der Waals surface area contributed by atoms with Crippen LogP contribution in [0.15, 0.2) is 42.5 Å². The maximum atomic E-state index is 13.6. The molecule has 0 amide bonds. The van der Waals surface area contributed by atoms with Crippen LogP contribution in [-0.2, 0) is 0 Å². The first-order valence-corrected chi connectivity index (χ1v) is 6.46. The van der Waals surface area contributed by atoms with Gasteiger partial charge in [-0.15, -0.1) is 0 Å². The van der Waals surface area contributed by atoms with E-state index in [4.69, 9.17) is 4.74 Å². The van der Waals surface area contributed by atoms with E-state index in [0.29, 0.717) is 5.56 Å². The molecule has 0 saturated heterocycles. The van der Waals surface area contributed by atoms with Crippen molar-refractivity contribution >= 4 is 22.6 Å². The van der Waals surface area contributed by atoms with Gasteiger partial charge in [-0.2, -0.15) is 0 Å². The number of halogens is 2. The van der Waals surface area contributed by atoms with Crippen molar-refractivity contribution in [1.82, 2.24) is 0 Å². The molecule has 1 unspecified atom stereocenters. The number of rotatable bonds is 3. The molecule has 0 aliphatic heterocycles. The predicted molar refractivity (Wildman–Crippen MR) is 76.2 cm³/mol. The van der Waals surface area contributed by atoms with Crippen LogP contribution in [0.3, 0.4) is 0 Å². The van der Waals surface area contributed by atoms with Crippen LogP contribution in [-0.4, -0.2) is 12.2 Å². The molecule has 1 N–H and O–H groups in total. The Bertz CT molecular complexity index is 557. The lowest BCUT2D eigenvalue weighted by atomic mass is 10.0. The summed E-state index contributed by atoms with van der Waals surface area (Å²) in [5.74, 6) is -0.298. The standard InChI is InChI=1S/C14H12FIO2/c1-18-13-6-5-10(8-12(13)15)14(17)9-3-2-4-11(16)7-9/h2-8,14,17H,1H3. The second kappa shape index (κ2) is 5.67. The topological polar surface area (TPSA) is 29.5 Å². The third-order valence-electron chi connectivity index (χ3n) is 2.66. The van der Waals surface area contributed by atoms with Crippen LogP contribution in [0.4, 0.5) is 4.39 Å². The van der Waals surface area contributed by atoms with Gasteiger partial charge in [-0.25, -0.2) is 4.39 Å². The number of aliphatic hydroxyl groups excluding tert-OH is 1. The van der Waals surface area contributed by atoms with E-state index in [-0.39, 0.29) is 5.75 Å². The zero-order chi connectivity index (χ0) is 13.1. The lowest BCUT2D eigenvalue weighted by Gasteiger charge is -2.13. The second-order valence-corrected chi connectivity index (χ2v) is 5.10. The molecule has 2 aromatic carbocycles. The fourth-order valence-electron chi connectivity index (χ4n) is 1.72. The van der Waals surface area contributed by atoms with Gasteiger partial charge in [0.2, 0.25) is 0 Å². The number of ether oxygens (including phenoxy) is 1. The van der Waals surface area contributed by atoms with Gasteiger partial charge in [0, 0.05) is 3.57 Å². The minimum Gasteiger partial charge on any atom is -0.494 e. The first-order chi connectivity index (χ1) is 8.61. The van der Waals surface area contributed by atoms with Crippen LogP contribution < -0.4 is 4.74 Å². The summed E-state index contributed by atoms with van der Waals surface area (Å²) in [6, 6.07) is 11.9. The Kier molecular flexibility index (Phi) is 4.19. The molecule has 18 heavy (non-hydrogen) atoms. The summed E-state index contributed by atoms with van der Waals surface area (Å²) in [4.78, 5) is 0. The van der Waals surface area contributed by atoms with E-state index in [9.17, 15) is 9.50 Å². The molecule has 0 heterocycles. The monoisotopic (exact) mass is 358 g/mol. The van der Waals surface area contributed by atoms with Crippen molar-refractivity contribution in [2.75, 3.05) is 7.11 Å². The highest BCUT2D eigenvalue weighted by Crippen LogP contribution is 2.26. The van der Waals surface area contributed by atoms with E-state index in [2.05, 4.69) is 22.6 Å². The predicted octanol–water partition coefficient (Wildman–Crippen LogP) is 3.52. The SMILES string of the molecule is COc1ccc(C(O)c2cccc(I)c2)cc1F. The van der Waals surface area contributed by atoms with Gasteiger partial charge in [0.05, 0.1) is 7.11 Å². The lowest BCUT2D eigenvalue weighted by Crippen LogP contribution is -2.01. The van der Waals surface area contributed by atoms with Crippen molar-refractivity contribution in [3.63, 3.8) is 0 Å². The van der Waals surface area contributed by atoms with Crippen molar-refractivity contribution in [2.24, 2.45) is 0 Å². The smallest absolute Gasteiger partial charge is 0.165 e. The van der Waals surface area contributed by atoms with Gasteiger partial charge in [0.25, 0.3) is 0 Å². The van der Waals surface area contributed by atoms with Crippen molar-refractivity contribution in [3.8, 4) is 5.75 Å². The van der Waals surface area contributed by atoms with Crippen molar-refractivity contribution < 1.29 is 14.2 Å². The summed E-state index contributed by atoms with van der Waals surface area (Å²) in [7, 11) is 1.41. The number of hydrogen-bond acceptors (Lipinski definition) is 2. The van der Waals surface area contributed by atoms with E-state index in [1.165, 1.54) is 19.2 Å².